The summed E-state index contributed by atoms with van der Waals surface area (Å²) < 4.78 is 1.47. The van der Waals surface area contributed by atoms with Crippen molar-refractivity contribution in [3.05, 3.63) is 60.2 Å². The summed E-state index contributed by atoms with van der Waals surface area (Å²) in [5.41, 5.74) is 3.31. The van der Waals surface area contributed by atoms with E-state index in [0.717, 1.165) is 39.6 Å². The molecule has 1 atom stereocenters. The molecule has 0 saturated carbocycles. The van der Waals surface area contributed by atoms with Gasteiger partial charge in [0.05, 0.1) is 41.3 Å². The zero-order chi connectivity index (χ0) is 20.8. The summed E-state index contributed by atoms with van der Waals surface area (Å²) in [6, 6.07) is 18.5. The van der Waals surface area contributed by atoms with Gasteiger partial charge in [0.1, 0.15) is 19.2 Å². The molecule has 2 rings (SSSR count). The third kappa shape index (κ3) is 7.19. The van der Waals surface area contributed by atoms with Crippen molar-refractivity contribution in [3.63, 3.8) is 0 Å². The number of ketones is 1. The number of benzene rings is 2. The largest absolute Gasteiger partial charge is 0.382 e. The van der Waals surface area contributed by atoms with E-state index in [-0.39, 0.29) is 5.78 Å². The first-order valence-corrected chi connectivity index (χ1v) is 10.0. The van der Waals surface area contributed by atoms with E-state index in [9.17, 15) is 9.90 Å². The molecule has 0 spiro atoms. The Labute approximate surface area is 170 Å². The number of quaternary nitrogens is 2. The maximum absolute atomic E-state index is 11.4. The average Bonchev–Trinajstić information content (AvgIpc) is 2.60. The third-order valence-electron chi connectivity index (χ3n) is 5.25. The van der Waals surface area contributed by atoms with Crippen molar-refractivity contribution >= 4 is 5.78 Å². The van der Waals surface area contributed by atoms with Gasteiger partial charge in [0.2, 0.25) is 0 Å². The molecule has 0 saturated heterocycles. The second kappa shape index (κ2) is 9.46. The molecule has 0 fully saturated rings. The highest BCUT2D eigenvalue weighted by atomic mass is 16.3. The molecule has 0 heterocycles. The second-order valence-corrected chi connectivity index (χ2v) is 9.22. The molecule has 4 heteroatoms. The van der Waals surface area contributed by atoms with Gasteiger partial charge >= 0.3 is 0 Å². The summed E-state index contributed by atoms with van der Waals surface area (Å²) in [5, 5.41) is 10.7. The van der Waals surface area contributed by atoms with Crippen molar-refractivity contribution in [1.82, 2.24) is 0 Å². The van der Waals surface area contributed by atoms with Crippen LogP contribution in [0.5, 0.6) is 0 Å². The number of carbonyl (C=O) groups is 1. The van der Waals surface area contributed by atoms with Crippen LogP contribution in [0, 0.1) is 0 Å². The standard InChI is InChI=1S/C24H36N2O2/c1-20(27)18-25(2,3)16-9-17-26(4,5)19-24(28)23-14-12-22(13-15-23)21-10-7-6-8-11-21/h6-8,10-15,24,28H,9,16-19H2,1-5H3/q+2. The van der Waals surface area contributed by atoms with Crippen LogP contribution in [0.1, 0.15) is 25.0 Å². The summed E-state index contributed by atoms with van der Waals surface area (Å²) >= 11 is 0. The van der Waals surface area contributed by atoms with Crippen LogP contribution < -0.4 is 0 Å². The average molecular weight is 385 g/mol. The molecule has 0 radical (unpaired) electrons. The van der Waals surface area contributed by atoms with Gasteiger partial charge < -0.3 is 14.1 Å². The van der Waals surface area contributed by atoms with Crippen LogP contribution in [-0.2, 0) is 4.79 Å². The fourth-order valence-corrected chi connectivity index (χ4v) is 3.80. The van der Waals surface area contributed by atoms with Crippen molar-refractivity contribution in [2.24, 2.45) is 0 Å². The van der Waals surface area contributed by atoms with E-state index in [0.29, 0.717) is 13.1 Å². The lowest BCUT2D eigenvalue weighted by atomic mass is 10.0. The van der Waals surface area contributed by atoms with Crippen LogP contribution >= 0.6 is 0 Å². The Morgan fingerprint density at radius 1 is 0.857 bits per heavy atom. The Morgan fingerprint density at radius 3 is 1.96 bits per heavy atom. The molecule has 2 aromatic rings. The Kier molecular flexibility index (Phi) is 7.53. The first-order chi connectivity index (χ1) is 13.1. The lowest BCUT2D eigenvalue weighted by molar-refractivity contribution is -0.908. The fraction of sp³-hybridized carbons (Fsp3) is 0.458. The zero-order valence-electron chi connectivity index (χ0n) is 18.1. The molecule has 28 heavy (non-hydrogen) atoms. The van der Waals surface area contributed by atoms with E-state index in [4.69, 9.17) is 0 Å². The molecule has 0 aliphatic rings. The van der Waals surface area contributed by atoms with Gasteiger partial charge in [-0.15, -0.1) is 0 Å². The molecule has 0 bridgehead atoms. The summed E-state index contributed by atoms with van der Waals surface area (Å²) in [7, 11) is 8.52. The SMILES string of the molecule is CC(=O)C[N+](C)(C)CCC[N+](C)(C)CC(O)c1ccc(-c2ccccc2)cc1. The van der Waals surface area contributed by atoms with Gasteiger partial charge in [-0.25, -0.2) is 0 Å². The minimum absolute atomic E-state index is 0.230. The van der Waals surface area contributed by atoms with E-state index in [1.54, 1.807) is 6.92 Å². The van der Waals surface area contributed by atoms with Crippen LogP contribution in [0.25, 0.3) is 11.1 Å². The number of Topliss-reactive ketones (excluding diaryl/α,β-unsaturated/α-hetero) is 1. The molecular formula is C24H36N2O2+2. The number of nitrogens with zero attached hydrogens (tertiary/aromatic N) is 2. The van der Waals surface area contributed by atoms with Crippen molar-refractivity contribution in [2.75, 3.05) is 54.4 Å². The topological polar surface area (TPSA) is 37.3 Å². The molecule has 4 nitrogen and oxygen atoms in total. The van der Waals surface area contributed by atoms with E-state index < -0.39 is 6.10 Å². The van der Waals surface area contributed by atoms with Crippen LogP contribution in [0.4, 0.5) is 0 Å². The van der Waals surface area contributed by atoms with E-state index in [1.165, 1.54) is 5.56 Å². The predicted molar refractivity (Wildman–Crippen MR) is 116 cm³/mol. The first kappa shape index (κ1) is 22.3. The fourth-order valence-electron chi connectivity index (χ4n) is 3.80. The monoisotopic (exact) mass is 384 g/mol. The van der Waals surface area contributed by atoms with Crippen LogP contribution in [0.15, 0.2) is 54.6 Å². The molecular weight excluding hydrogens is 348 g/mol. The van der Waals surface area contributed by atoms with Gasteiger partial charge in [0.15, 0.2) is 5.78 Å². The normalized spacial score (nSPS) is 13.4. The van der Waals surface area contributed by atoms with E-state index in [2.05, 4.69) is 52.5 Å². The maximum Gasteiger partial charge on any atom is 0.183 e. The summed E-state index contributed by atoms with van der Waals surface area (Å²) in [4.78, 5) is 11.4. The number of aliphatic hydroxyl groups is 1. The summed E-state index contributed by atoms with van der Waals surface area (Å²) in [5.74, 6) is 0.230. The van der Waals surface area contributed by atoms with Gasteiger partial charge in [-0.05, 0) is 16.7 Å². The summed E-state index contributed by atoms with van der Waals surface area (Å²) in [6.07, 6.45) is 0.534. The predicted octanol–water partition coefficient (Wildman–Crippen LogP) is 3.52. The van der Waals surface area contributed by atoms with E-state index in [1.807, 2.05) is 30.3 Å². The number of hydrogen-bond donors (Lipinski definition) is 1. The Hall–Kier alpha value is -2.01. The quantitative estimate of drug-likeness (QED) is 0.637. The minimum Gasteiger partial charge on any atom is -0.382 e. The van der Waals surface area contributed by atoms with Crippen molar-refractivity contribution in [3.8, 4) is 11.1 Å². The molecule has 152 valence electrons. The Balaban J connectivity index is 1.90. The maximum atomic E-state index is 11.4. The number of likely N-dealkylation sites (N-methyl/N-ethyl adjacent to an activating group) is 2. The van der Waals surface area contributed by atoms with Crippen molar-refractivity contribution < 1.29 is 18.9 Å². The third-order valence-corrected chi connectivity index (χ3v) is 5.25. The zero-order valence-corrected chi connectivity index (χ0v) is 18.1. The van der Waals surface area contributed by atoms with Crippen LogP contribution in [0.2, 0.25) is 0 Å². The highest BCUT2D eigenvalue weighted by Crippen LogP contribution is 2.23. The smallest absolute Gasteiger partial charge is 0.183 e. The van der Waals surface area contributed by atoms with E-state index >= 15 is 0 Å². The van der Waals surface area contributed by atoms with Crippen LogP contribution in [-0.4, -0.2) is 74.2 Å². The molecule has 0 aliphatic heterocycles. The Bertz CT molecular complexity index is 752. The lowest BCUT2D eigenvalue weighted by Gasteiger charge is -2.34. The molecule has 0 amide bonds. The first-order valence-electron chi connectivity index (χ1n) is 10.0. The Morgan fingerprint density at radius 2 is 1.39 bits per heavy atom. The number of hydrogen-bond acceptors (Lipinski definition) is 2. The minimum atomic E-state index is -0.487. The highest BCUT2D eigenvalue weighted by molar-refractivity contribution is 5.76. The molecule has 2 aromatic carbocycles. The van der Waals surface area contributed by atoms with Crippen LogP contribution in [0.3, 0.4) is 0 Å². The van der Waals surface area contributed by atoms with Gasteiger partial charge in [-0.1, -0.05) is 54.6 Å². The number of rotatable bonds is 10. The number of aliphatic hydroxyl groups excluding tert-OH is 1. The molecule has 0 aromatic heterocycles. The van der Waals surface area contributed by atoms with Gasteiger partial charge in [-0.2, -0.15) is 0 Å². The highest BCUT2D eigenvalue weighted by Gasteiger charge is 2.24. The second-order valence-electron chi connectivity index (χ2n) is 9.22. The van der Waals surface area contributed by atoms with Gasteiger partial charge in [0, 0.05) is 13.3 Å². The van der Waals surface area contributed by atoms with Crippen molar-refractivity contribution in [1.29, 1.82) is 0 Å². The summed E-state index contributed by atoms with van der Waals surface area (Å²) in [6.45, 7) is 4.83. The molecule has 1 N–H and O–H groups in total. The van der Waals surface area contributed by atoms with Gasteiger partial charge in [0.25, 0.3) is 0 Å². The van der Waals surface area contributed by atoms with Crippen molar-refractivity contribution in [2.45, 2.75) is 19.4 Å². The lowest BCUT2D eigenvalue weighted by Crippen LogP contribution is -2.48. The molecule has 1 unspecified atom stereocenters. The molecule has 0 aliphatic carbocycles. The number of carbonyl (C=O) groups excluding carboxylic acids is 1. The van der Waals surface area contributed by atoms with Gasteiger partial charge in [-0.3, -0.25) is 4.79 Å².